The summed E-state index contributed by atoms with van der Waals surface area (Å²) in [6, 6.07) is 2.55. The molecule has 35 heavy (non-hydrogen) atoms. The first-order chi connectivity index (χ1) is 16.8. The van der Waals surface area contributed by atoms with Crippen molar-refractivity contribution in [1.29, 1.82) is 5.41 Å². The van der Waals surface area contributed by atoms with Crippen molar-refractivity contribution < 1.29 is 4.74 Å². The van der Waals surface area contributed by atoms with Crippen LogP contribution in [0.4, 0.5) is 11.8 Å². The van der Waals surface area contributed by atoms with E-state index >= 15 is 0 Å². The lowest BCUT2D eigenvalue weighted by molar-refractivity contribution is 0.272. The van der Waals surface area contributed by atoms with Crippen molar-refractivity contribution in [3.05, 3.63) is 46.8 Å². The van der Waals surface area contributed by atoms with E-state index in [0.29, 0.717) is 39.6 Å². The van der Waals surface area contributed by atoms with Gasteiger partial charge < -0.3 is 25.3 Å². The number of hydrogen-bond donors (Lipinski definition) is 3. The Morgan fingerprint density at radius 3 is 2.77 bits per heavy atom. The normalized spacial score (nSPS) is 17.3. The van der Waals surface area contributed by atoms with Crippen molar-refractivity contribution in [2.24, 2.45) is 12.0 Å². The molecule has 1 aliphatic heterocycles. The zero-order valence-electron chi connectivity index (χ0n) is 20.1. The summed E-state index contributed by atoms with van der Waals surface area (Å²) in [4.78, 5) is 13.1. The molecule has 4 heterocycles. The highest BCUT2D eigenvalue weighted by atomic mass is 35.5. The zero-order chi connectivity index (χ0) is 24.7. The zero-order valence-corrected chi connectivity index (χ0v) is 20.9. The van der Waals surface area contributed by atoms with Gasteiger partial charge in [-0.15, -0.1) is 0 Å². The van der Waals surface area contributed by atoms with Crippen LogP contribution in [0, 0.1) is 5.41 Å². The molecule has 182 valence electrons. The molecule has 3 N–H and O–H groups in total. The molecule has 0 atom stereocenters. The molecule has 0 aromatic carbocycles. The van der Waals surface area contributed by atoms with E-state index in [1.165, 1.54) is 18.3 Å². The molecule has 1 fully saturated rings. The minimum Gasteiger partial charge on any atom is -0.450 e. The summed E-state index contributed by atoms with van der Waals surface area (Å²) in [7, 11) is 1.86. The number of nitrogens with one attached hydrogen (secondary N) is 3. The van der Waals surface area contributed by atoms with Gasteiger partial charge in [-0.3, -0.25) is 9.67 Å². The molecule has 0 amide bonds. The highest BCUT2D eigenvalue weighted by Gasteiger charge is 2.29. The van der Waals surface area contributed by atoms with Gasteiger partial charge >= 0.3 is 0 Å². The number of hydrogen-bond acceptors (Lipinski definition) is 8. The Kier molecular flexibility index (Phi) is 5.84. The summed E-state index contributed by atoms with van der Waals surface area (Å²) >= 11 is 6.72. The number of nitrogens with zero attached hydrogens (tertiary/aromatic N) is 6. The van der Waals surface area contributed by atoms with Crippen LogP contribution in [-0.2, 0) is 12.5 Å². The Labute approximate surface area is 208 Å². The van der Waals surface area contributed by atoms with Gasteiger partial charge in [-0.25, -0.2) is 4.98 Å². The summed E-state index contributed by atoms with van der Waals surface area (Å²) in [5.74, 6) is 1.88. The second-order valence-corrected chi connectivity index (χ2v) is 10.1. The summed E-state index contributed by atoms with van der Waals surface area (Å²) in [5.41, 5.74) is 2.80. The minimum atomic E-state index is -0.0270. The van der Waals surface area contributed by atoms with Gasteiger partial charge in [-0.05, 0) is 19.3 Å². The molecule has 11 heteroatoms. The van der Waals surface area contributed by atoms with E-state index < -0.39 is 0 Å². The van der Waals surface area contributed by atoms with Crippen LogP contribution in [0.5, 0.6) is 5.75 Å². The van der Waals surface area contributed by atoms with E-state index in [9.17, 15) is 0 Å². The Balaban J connectivity index is 1.47. The lowest BCUT2D eigenvalue weighted by Crippen LogP contribution is -2.25. The predicted molar refractivity (Wildman–Crippen MR) is 138 cm³/mol. The maximum absolute atomic E-state index is 7.73. The quantitative estimate of drug-likeness (QED) is 0.329. The average Bonchev–Trinajstić information content (AvgIpc) is 3.34. The topological polar surface area (TPSA) is 118 Å². The molecular formula is C24H28ClN9O. The maximum atomic E-state index is 7.73. The van der Waals surface area contributed by atoms with Crippen molar-refractivity contribution in [3.63, 3.8) is 0 Å². The first-order valence-corrected chi connectivity index (χ1v) is 11.9. The van der Waals surface area contributed by atoms with Crippen LogP contribution in [0.3, 0.4) is 0 Å². The number of pyridine rings is 1. The first kappa shape index (κ1) is 23.1. The SMILES string of the molecule is Cn1c(Nc2cc(C(C)(C)C)n(C3CCC3)n2)nc2ncc(O/C(C=N)=C3\C=NC=CN3)c(Cl)c21. The van der Waals surface area contributed by atoms with Crippen LogP contribution in [0.1, 0.15) is 51.8 Å². The Hall–Kier alpha value is -3.66. The summed E-state index contributed by atoms with van der Waals surface area (Å²) < 4.78 is 9.90. The number of ether oxygens (including phenoxy) is 1. The monoisotopic (exact) mass is 493 g/mol. The molecule has 3 aromatic rings. The maximum Gasteiger partial charge on any atom is 0.210 e. The van der Waals surface area contributed by atoms with Crippen molar-refractivity contribution >= 4 is 47.0 Å². The lowest BCUT2D eigenvalue weighted by atomic mass is 9.88. The van der Waals surface area contributed by atoms with Gasteiger partial charge in [0.25, 0.3) is 0 Å². The minimum absolute atomic E-state index is 0.0270. The van der Waals surface area contributed by atoms with E-state index in [1.807, 2.05) is 11.6 Å². The van der Waals surface area contributed by atoms with E-state index in [1.54, 1.807) is 18.6 Å². The molecule has 5 rings (SSSR count). The van der Waals surface area contributed by atoms with Crippen molar-refractivity contribution in [2.45, 2.75) is 51.5 Å². The summed E-state index contributed by atoms with van der Waals surface area (Å²) in [5, 5.41) is 19.3. The smallest absolute Gasteiger partial charge is 0.210 e. The van der Waals surface area contributed by atoms with Gasteiger partial charge in [-0.2, -0.15) is 10.1 Å². The molecular weight excluding hydrogens is 466 g/mol. The first-order valence-electron chi connectivity index (χ1n) is 11.5. The largest absolute Gasteiger partial charge is 0.450 e. The molecule has 0 saturated heterocycles. The highest BCUT2D eigenvalue weighted by Crippen LogP contribution is 2.38. The highest BCUT2D eigenvalue weighted by molar-refractivity contribution is 6.36. The van der Waals surface area contributed by atoms with E-state index in [0.717, 1.165) is 24.9 Å². The second kappa shape index (κ2) is 8.84. The fraction of sp³-hybridized carbons (Fsp3) is 0.375. The number of rotatable bonds is 6. The summed E-state index contributed by atoms with van der Waals surface area (Å²) in [6.07, 6.45) is 11.0. The Morgan fingerprint density at radius 2 is 2.14 bits per heavy atom. The third-order valence-electron chi connectivity index (χ3n) is 6.19. The molecule has 2 aliphatic rings. The van der Waals surface area contributed by atoms with Crippen molar-refractivity contribution in [3.8, 4) is 5.75 Å². The van der Waals surface area contributed by atoms with E-state index in [2.05, 4.69) is 57.1 Å². The number of aliphatic imine (C=N–C) groups is 1. The van der Waals surface area contributed by atoms with E-state index in [-0.39, 0.29) is 11.2 Å². The van der Waals surface area contributed by atoms with Crippen LogP contribution in [0.15, 0.2) is 41.1 Å². The number of anilines is 2. The van der Waals surface area contributed by atoms with Gasteiger partial charge in [0.1, 0.15) is 16.2 Å². The standard InChI is InChI=1S/C24H28ClN9O/c1-24(2,3)18-10-19(32-34(18)14-6-5-7-14)30-23-31-22-21(33(23)4)20(25)17(13-29-22)35-16(11-26)15-12-27-8-9-28-15/h8-14,26,28H,5-7H2,1-4H3,(H,29,30,31,32)/b16-15+,26-11?. The average molecular weight is 494 g/mol. The molecule has 0 unspecified atom stereocenters. The lowest BCUT2D eigenvalue weighted by Gasteiger charge is -2.31. The number of allylic oxidation sites excluding steroid dienone is 2. The van der Waals surface area contributed by atoms with Crippen LogP contribution in [-0.4, -0.2) is 36.7 Å². The third-order valence-corrected chi connectivity index (χ3v) is 6.55. The van der Waals surface area contributed by atoms with E-state index in [4.69, 9.17) is 26.8 Å². The van der Waals surface area contributed by atoms with Crippen LogP contribution in [0.25, 0.3) is 11.2 Å². The Bertz CT molecular complexity index is 1390. The van der Waals surface area contributed by atoms with Crippen LogP contribution < -0.4 is 15.4 Å². The van der Waals surface area contributed by atoms with Gasteiger partial charge in [0.05, 0.1) is 24.7 Å². The number of aryl methyl sites for hydroxylation is 1. The summed E-state index contributed by atoms with van der Waals surface area (Å²) in [6.45, 7) is 6.60. The van der Waals surface area contributed by atoms with Crippen molar-refractivity contribution in [2.75, 3.05) is 5.32 Å². The van der Waals surface area contributed by atoms with Crippen LogP contribution in [0.2, 0.25) is 5.02 Å². The molecule has 1 saturated carbocycles. The van der Waals surface area contributed by atoms with Crippen LogP contribution >= 0.6 is 11.6 Å². The molecule has 0 radical (unpaired) electrons. The van der Waals surface area contributed by atoms with Gasteiger partial charge in [0.15, 0.2) is 23.0 Å². The van der Waals surface area contributed by atoms with Gasteiger partial charge in [-0.1, -0.05) is 32.4 Å². The van der Waals surface area contributed by atoms with Gasteiger partial charge in [0, 0.05) is 36.6 Å². The second-order valence-electron chi connectivity index (χ2n) is 9.68. The number of halogens is 1. The number of imidazole rings is 1. The van der Waals surface area contributed by atoms with Gasteiger partial charge in [0.2, 0.25) is 5.95 Å². The molecule has 0 bridgehead atoms. The Morgan fingerprint density at radius 1 is 1.34 bits per heavy atom. The molecule has 10 nitrogen and oxygen atoms in total. The van der Waals surface area contributed by atoms with Crippen molar-refractivity contribution in [1.82, 2.24) is 29.6 Å². The number of aromatic nitrogens is 5. The molecule has 3 aromatic heterocycles. The molecule has 0 spiro atoms. The molecule has 1 aliphatic carbocycles. The fourth-order valence-electron chi connectivity index (χ4n) is 4.08. The fourth-order valence-corrected chi connectivity index (χ4v) is 4.37. The third kappa shape index (κ3) is 4.29. The predicted octanol–water partition coefficient (Wildman–Crippen LogP) is 4.97. The number of fused-ring (bicyclic) bond motifs is 1.